The van der Waals surface area contributed by atoms with E-state index >= 15 is 0 Å². The molecule has 1 fully saturated rings. The summed E-state index contributed by atoms with van der Waals surface area (Å²) in [6, 6.07) is 16.9. The van der Waals surface area contributed by atoms with Crippen molar-refractivity contribution in [1.29, 1.82) is 0 Å². The van der Waals surface area contributed by atoms with Crippen molar-refractivity contribution in [2.24, 2.45) is 0 Å². The van der Waals surface area contributed by atoms with Crippen molar-refractivity contribution in [2.45, 2.75) is 4.58 Å². The smallest absolute Gasteiger partial charge is 0.349 e. The lowest BCUT2D eigenvalue weighted by molar-refractivity contribution is -0.136. The van der Waals surface area contributed by atoms with E-state index in [1.807, 2.05) is 47.8 Å². The second-order valence-corrected chi connectivity index (χ2v) is 9.68. The third-order valence-electron chi connectivity index (χ3n) is 4.25. The molecule has 0 unspecified atom stereocenters. The average Bonchev–Trinajstić information content (AvgIpc) is 3.21. The Morgan fingerprint density at radius 2 is 1.75 bits per heavy atom. The maximum absolute atomic E-state index is 12.4. The van der Waals surface area contributed by atoms with Crippen LogP contribution in [-0.2, 0) is 4.79 Å². The number of fused-ring (bicyclic) bond motifs is 1. The zero-order valence-electron chi connectivity index (χ0n) is 14.7. The van der Waals surface area contributed by atoms with Crippen LogP contribution in [0.2, 0.25) is 10.0 Å². The number of benzene rings is 3. The SMILES string of the molecule is O=C(COc1ccc(Cl)cc1Cl)Oc1ccc2ccccc2c1C1SCCS1. The third-order valence-corrected chi connectivity index (χ3v) is 7.81. The van der Waals surface area contributed by atoms with Gasteiger partial charge in [0.2, 0.25) is 0 Å². The lowest BCUT2D eigenvalue weighted by atomic mass is 10.0. The Balaban J connectivity index is 1.55. The second kappa shape index (κ2) is 8.87. The highest BCUT2D eigenvalue weighted by Gasteiger charge is 2.25. The molecule has 4 rings (SSSR count). The molecule has 1 aliphatic rings. The van der Waals surface area contributed by atoms with Gasteiger partial charge in [0, 0.05) is 22.1 Å². The van der Waals surface area contributed by atoms with Crippen molar-refractivity contribution in [3.05, 3.63) is 70.2 Å². The Kier molecular flexibility index (Phi) is 6.26. The molecule has 3 aromatic rings. The normalized spacial score (nSPS) is 14.4. The Labute approximate surface area is 181 Å². The van der Waals surface area contributed by atoms with Crippen molar-refractivity contribution in [2.75, 3.05) is 18.1 Å². The number of rotatable bonds is 5. The van der Waals surface area contributed by atoms with Crippen LogP contribution in [0.1, 0.15) is 10.1 Å². The molecule has 0 spiro atoms. The quantitative estimate of drug-likeness (QED) is 0.322. The number of ether oxygens (including phenoxy) is 2. The van der Waals surface area contributed by atoms with Gasteiger partial charge in [-0.05, 0) is 35.0 Å². The van der Waals surface area contributed by atoms with Crippen LogP contribution in [0.4, 0.5) is 0 Å². The molecule has 7 heteroatoms. The summed E-state index contributed by atoms with van der Waals surface area (Å²) in [6.07, 6.45) is 0. The van der Waals surface area contributed by atoms with Crippen LogP contribution in [0.15, 0.2) is 54.6 Å². The Bertz CT molecular complexity index is 1020. The van der Waals surface area contributed by atoms with Gasteiger partial charge in [0.05, 0.1) is 9.60 Å². The first-order valence-electron chi connectivity index (χ1n) is 8.65. The first-order chi connectivity index (χ1) is 13.6. The molecule has 0 aliphatic carbocycles. The lowest BCUT2D eigenvalue weighted by Gasteiger charge is -2.17. The zero-order valence-corrected chi connectivity index (χ0v) is 17.8. The van der Waals surface area contributed by atoms with Gasteiger partial charge in [0.1, 0.15) is 11.5 Å². The summed E-state index contributed by atoms with van der Waals surface area (Å²) < 4.78 is 11.4. The van der Waals surface area contributed by atoms with E-state index in [-0.39, 0.29) is 11.2 Å². The summed E-state index contributed by atoms with van der Waals surface area (Å²) in [4.78, 5) is 12.4. The van der Waals surface area contributed by atoms with Gasteiger partial charge in [0.25, 0.3) is 0 Å². The number of esters is 1. The summed E-state index contributed by atoms with van der Waals surface area (Å²) in [6.45, 7) is -0.238. The Morgan fingerprint density at radius 1 is 1.00 bits per heavy atom. The van der Waals surface area contributed by atoms with E-state index in [4.69, 9.17) is 32.7 Å². The molecule has 0 atom stereocenters. The molecule has 0 N–H and O–H groups in total. The largest absolute Gasteiger partial charge is 0.480 e. The second-order valence-electron chi connectivity index (χ2n) is 6.11. The minimum absolute atomic E-state index is 0.238. The van der Waals surface area contributed by atoms with Crippen LogP contribution >= 0.6 is 46.7 Å². The van der Waals surface area contributed by atoms with Gasteiger partial charge < -0.3 is 9.47 Å². The first-order valence-corrected chi connectivity index (χ1v) is 11.5. The van der Waals surface area contributed by atoms with E-state index in [9.17, 15) is 4.79 Å². The zero-order chi connectivity index (χ0) is 19.5. The van der Waals surface area contributed by atoms with Gasteiger partial charge in [-0.3, -0.25) is 0 Å². The van der Waals surface area contributed by atoms with Crippen molar-refractivity contribution in [3.63, 3.8) is 0 Å². The van der Waals surface area contributed by atoms with E-state index in [0.29, 0.717) is 21.5 Å². The monoisotopic (exact) mass is 450 g/mol. The van der Waals surface area contributed by atoms with E-state index in [1.54, 1.807) is 18.2 Å². The molecule has 1 heterocycles. The number of thioether (sulfide) groups is 2. The molecule has 0 saturated carbocycles. The summed E-state index contributed by atoms with van der Waals surface area (Å²) in [5.41, 5.74) is 1.06. The molecular weight excluding hydrogens is 435 g/mol. The maximum atomic E-state index is 12.4. The number of halogens is 2. The highest BCUT2D eigenvalue weighted by Crippen LogP contribution is 2.50. The van der Waals surface area contributed by atoms with Crippen molar-refractivity contribution in [3.8, 4) is 11.5 Å². The van der Waals surface area contributed by atoms with Gasteiger partial charge in [0.15, 0.2) is 6.61 Å². The van der Waals surface area contributed by atoms with Crippen LogP contribution in [0.3, 0.4) is 0 Å². The predicted octanol–water partition coefficient (Wildman–Crippen LogP) is 6.61. The highest BCUT2D eigenvalue weighted by molar-refractivity contribution is 8.19. The van der Waals surface area contributed by atoms with Crippen LogP contribution in [0.5, 0.6) is 11.5 Å². The van der Waals surface area contributed by atoms with Gasteiger partial charge in [-0.15, -0.1) is 23.5 Å². The van der Waals surface area contributed by atoms with Crippen molar-refractivity contribution >= 4 is 63.5 Å². The summed E-state index contributed by atoms with van der Waals surface area (Å²) in [5.74, 6) is 2.68. The van der Waals surface area contributed by atoms with Gasteiger partial charge >= 0.3 is 5.97 Å². The van der Waals surface area contributed by atoms with E-state index in [0.717, 1.165) is 27.8 Å². The standard InChI is InChI=1S/C21H16Cl2O3S2/c22-14-6-8-17(16(23)11-14)25-12-19(24)26-18-7-5-13-3-1-2-4-15(13)20(18)21-27-9-10-28-21/h1-8,11,21H,9-10,12H2. The molecule has 0 aromatic heterocycles. The molecule has 3 aromatic carbocycles. The number of carbonyl (C=O) groups excluding carboxylic acids is 1. The minimum Gasteiger partial charge on any atom is -0.480 e. The fourth-order valence-electron chi connectivity index (χ4n) is 3.01. The summed E-state index contributed by atoms with van der Waals surface area (Å²) in [7, 11) is 0. The fraction of sp³-hybridized carbons (Fsp3) is 0.190. The van der Waals surface area contributed by atoms with Gasteiger partial charge in [-0.1, -0.05) is 53.5 Å². The molecule has 3 nitrogen and oxygen atoms in total. The topological polar surface area (TPSA) is 35.5 Å². The number of hydrogen-bond donors (Lipinski definition) is 0. The minimum atomic E-state index is -0.476. The molecule has 1 aliphatic heterocycles. The fourth-order valence-corrected chi connectivity index (χ4v) is 6.46. The van der Waals surface area contributed by atoms with E-state index in [1.165, 1.54) is 0 Å². The molecular formula is C21H16Cl2O3S2. The summed E-state index contributed by atoms with van der Waals surface area (Å²) in [5, 5.41) is 3.11. The summed E-state index contributed by atoms with van der Waals surface area (Å²) >= 11 is 15.7. The molecule has 0 radical (unpaired) electrons. The van der Waals surface area contributed by atoms with Crippen LogP contribution in [0.25, 0.3) is 10.8 Å². The average molecular weight is 451 g/mol. The molecule has 144 valence electrons. The van der Waals surface area contributed by atoms with Gasteiger partial charge in [-0.25, -0.2) is 4.79 Å². The number of hydrogen-bond acceptors (Lipinski definition) is 5. The van der Waals surface area contributed by atoms with E-state index in [2.05, 4.69) is 12.1 Å². The molecule has 0 bridgehead atoms. The Morgan fingerprint density at radius 3 is 2.54 bits per heavy atom. The molecule has 0 amide bonds. The van der Waals surface area contributed by atoms with Crippen LogP contribution in [0, 0.1) is 0 Å². The highest BCUT2D eigenvalue weighted by atomic mass is 35.5. The first kappa shape index (κ1) is 19.8. The van der Waals surface area contributed by atoms with Crippen LogP contribution < -0.4 is 9.47 Å². The predicted molar refractivity (Wildman–Crippen MR) is 119 cm³/mol. The maximum Gasteiger partial charge on any atom is 0.349 e. The molecule has 1 saturated heterocycles. The third kappa shape index (κ3) is 4.38. The molecule has 28 heavy (non-hydrogen) atoms. The lowest BCUT2D eigenvalue weighted by Crippen LogP contribution is -2.18. The number of carbonyl (C=O) groups is 1. The van der Waals surface area contributed by atoms with Crippen molar-refractivity contribution in [1.82, 2.24) is 0 Å². The van der Waals surface area contributed by atoms with Gasteiger partial charge in [-0.2, -0.15) is 0 Å². The van der Waals surface area contributed by atoms with Crippen LogP contribution in [-0.4, -0.2) is 24.1 Å². The van der Waals surface area contributed by atoms with E-state index < -0.39 is 5.97 Å². The van der Waals surface area contributed by atoms with Crippen molar-refractivity contribution < 1.29 is 14.3 Å². The Hall–Kier alpha value is -1.53.